The van der Waals surface area contributed by atoms with Crippen LogP contribution in [0.1, 0.15) is 73.2 Å². The topological polar surface area (TPSA) is 70.4 Å². The van der Waals surface area contributed by atoms with Crippen LogP contribution in [0.25, 0.3) is 23.1 Å². The molecule has 0 radical (unpaired) electrons. The highest BCUT2D eigenvalue weighted by atomic mass is 35.5. The summed E-state index contributed by atoms with van der Waals surface area (Å²) < 4.78 is 0. The van der Waals surface area contributed by atoms with E-state index >= 15 is 0 Å². The van der Waals surface area contributed by atoms with Crippen molar-refractivity contribution in [2.45, 2.75) is 62.6 Å². The second-order valence-electron chi connectivity index (χ2n) is 10.7. The van der Waals surface area contributed by atoms with Crippen LogP contribution in [0.4, 0.5) is 0 Å². The number of halogens is 1. The van der Waals surface area contributed by atoms with Gasteiger partial charge in [0.2, 0.25) is 0 Å². The van der Waals surface area contributed by atoms with Crippen molar-refractivity contribution in [2.24, 2.45) is 0 Å². The Morgan fingerprint density at radius 3 is 2.55 bits per heavy atom. The number of fused-ring (bicyclic) bond motifs is 1. The van der Waals surface area contributed by atoms with E-state index in [1.165, 1.54) is 5.56 Å². The summed E-state index contributed by atoms with van der Waals surface area (Å²) in [6, 6.07) is 26.3. The molecule has 0 unspecified atom stereocenters. The van der Waals surface area contributed by atoms with Gasteiger partial charge in [-0.05, 0) is 79.6 Å². The number of hydrogen-bond acceptors (Lipinski definition) is 4. The standard InChI is InChI=1S/C34H36ClNO3S/c1-23(11-20-33(37)38)40-32(19-15-25-8-4-5-10-30(25)34(2,3)39)27-9-6-7-24(21-27)12-17-29-18-14-26-13-16-28(35)22-31(26)36-29/h4-10,12-14,16-18,21-23,32,39H,11,15,19-20H2,1-3H3,(H,37,38)/t23-,32+/m0/s1. The number of carboxylic acid groups (broad SMARTS) is 1. The lowest BCUT2D eigenvalue weighted by atomic mass is 9.90. The number of nitrogens with zero attached hydrogens (tertiary/aromatic N) is 1. The van der Waals surface area contributed by atoms with Crippen molar-refractivity contribution < 1.29 is 15.0 Å². The number of benzene rings is 3. The van der Waals surface area contributed by atoms with Gasteiger partial charge in [-0.2, -0.15) is 11.8 Å². The first-order valence-electron chi connectivity index (χ1n) is 13.6. The first kappa shape index (κ1) is 29.9. The number of aliphatic carboxylic acids is 1. The van der Waals surface area contributed by atoms with Crippen LogP contribution in [0, 0.1) is 0 Å². The van der Waals surface area contributed by atoms with Crippen LogP contribution in [-0.4, -0.2) is 26.4 Å². The molecule has 4 rings (SSSR count). The summed E-state index contributed by atoms with van der Waals surface area (Å²) in [7, 11) is 0. The Hall–Kier alpha value is -3.12. The number of rotatable bonds is 12. The Morgan fingerprint density at radius 1 is 1.00 bits per heavy atom. The van der Waals surface area contributed by atoms with Crippen LogP contribution in [0.3, 0.4) is 0 Å². The first-order chi connectivity index (χ1) is 19.1. The van der Waals surface area contributed by atoms with Crippen LogP contribution < -0.4 is 0 Å². The van der Waals surface area contributed by atoms with Crippen molar-refractivity contribution in [2.75, 3.05) is 0 Å². The van der Waals surface area contributed by atoms with Gasteiger partial charge in [0.05, 0.1) is 16.8 Å². The number of pyridine rings is 1. The van der Waals surface area contributed by atoms with Gasteiger partial charge in [-0.15, -0.1) is 0 Å². The summed E-state index contributed by atoms with van der Waals surface area (Å²) in [5.74, 6) is -0.764. The van der Waals surface area contributed by atoms with Crippen LogP contribution in [0.15, 0.2) is 78.9 Å². The first-order valence-corrected chi connectivity index (χ1v) is 14.9. The van der Waals surface area contributed by atoms with Gasteiger partial charge < -0.3 is 10.2 Å². The average molecular weight is 574 g/mol. The highest BCUT2D eigenvalue weighted by Crippen LogP contribution is 2.39. The van der Waals surface area contributed by atoms with E-state index in [0.29, 0.717) is 11.4 Å². The summed E-state index contributed by atoms with van der Waals surface area (Å²) in [6.45, 7) is 5.74. The van der Waals surface area contributed by atoms with Gasteiger partial charge in [-0.3, -0.25) is 4.79 Å². The molecule has 0 bridgehead atoms. The van der Waals surface area contributed by atoms with Gasteiger partial charge in [0.15, 0.2) is 0 Å². The van der Waals surface area contributed by atoms with E-state index < -0.39 is 11.6 Å². The van der Waals surface area contributed by atoms with Gasteiger partial charge in [0, 0.05) is 27.3 Å². The van der Waals surface area contributed by atoms with Crippen molar-refractivity contribution in [3.63, 3.8) is 0 Å². The zero-order valence-corrected chi connectivity index (χ0v) is 24.8. The molecule has 3 aromatic carbocycles. The maximum atomic E-state index is 11.2. The predicted molar refractivity (Wildman–Crippen MR) is 169 cm³/mol. The third-order valence-corrected chi connectivity index (χ3v) is 8.69. The van der Waals surface area contributed by atoms with Gasteiger partial charge in [0.25, 0.3) is 0 Å². The smallest absolute Gasteiger partial charge is 0.303 e. The van der Waals surface area contributed by atoms with Gasteiger partial charge in [-0.1, -0.05) is 85.3 Å². The molecule has 208 valence electrons. The van der Waals surface area contributed by atoms with E-state index in [9.17, 15) is 15.0 Å². The molecule has 0 aliphatic heterocycles. The molecule has 4 aromatic rings. The van der Waals surface area contributed by atoms with Crippen LogP contribution >= 0.6 is 23.4 Å². The molecule has 2 atom stereocenters. The normalized spacial score (nSPS) is 13.5. The monoisotopic (exact) mass is 573 g/mol. The number of aromatic nitrogens is 1. The molecule has 1 heterocycles. The van der Waals surface area contributed by atoms with Crippen molar-refractivity contribution in [3.8, 4) is 0 Å². The Balaban J connectivity index is 1.56. The molecule has 0 fully saturated rings. The maximum absolute atomic E-state index is 11.2. The molecular formula is C34H36ClNO3S. The van der Waals surface area contributed by atoms with Crippen LogP contribution in [0.2, 0.25) is 5.02 Å². The minimum absolute atomic E-state index is 0.162. The molecule has 0 saturated carbocycles. The third kappa shape index (κ3) is 8.44. The fraction of sp³-hybridized carbons (Fsp3) is 0.294. The van der Waals surface area contributed by atoms with Gasteiger partial charge in [-0.25, -0.2) is 4.98 Å². The van der Waals surface area contributed by atoms with Crippen LogP contribution in [-0.2, 0) is 16.8 Å². The molecule has 0 spiro atoms. The quantitative estimate of drug-likeness (QED) is 0.177. The van der Waals surface area contributed by atoms with Crippen molar-refractivity contribution >= 4 is 52.4 Å². The van der Waals surface area contributed by atoms with Crippen molar-refractivity contribution in [1.29, 1.82) is 0 Å². The molecule has 1 aromatic heterocycles. The number of aryl methyl sites for hydroxylation is 1. The maximum Gasteiger partial charge on any atom is 0.303 e. The summed E-state index contributed by atoms with van der Waals surface area (Å²) in [5, 5.41) is 22.0. The van der Waals surface area contributed by atoms with Crippen molar-refractivity contribution in [3.05, 3.63) is 112 Å². The van der Waals surface area contributed by atoms with E-state index in [0.717, 1.165) is 46.1 Å². The van der Waals surface area contributed by atoms with Gasteiger partial charge in [0.1, 0.15) is 0 Å². The van der Waals surface area contributed by atoms with Gasteiger partial charge >= 0.3 is 5.97 Å². The summed E-state index contributed by atoms with van der Waals surface area (Å²) in [5.41, 5.74) is 5.16. The molecule has 0 saturated heterocycles. The minimum atomic E-state index is -0.916. The number of aliphatic hydroxyl groups is 1. The summed E-state index contributed by atoms with van der Waals surface area (Å²) in [4.78, 5) is 15.9. The largest absolute Gasteiger partial charge is 0.481 e. The fourth-order valence-corrected chi connectivity index (χ4v) is 6.39. The molecule has 0 amide bonds. The fourth-order valence-electron chi connectivity index (χ4n) is 4.85. The zero-order chi connectivity index (χ0) is 28.7. The molecule has 40 heavy (non-hydrogen) atoms. The molecule has 6 heteroatoms. The lowest BCUT2D eigenvalue weighted by molar-refractivity contribution is -0.137. The Labute approximate surface area is 246 Å². The molecule has 0 aliphatic carbocycles. The summed E-state index contributed by atoms with van der Waals surface area (Å²) >= 11 is 7.98. The Morgan fingerprint density at radius 2 is 1.77 bits per heavy atom. The number of carboxylic acids is 1. The number of thioether (sulfide) groups is 1. The second-order valence-corrected chi connectivity index (χ2v) is 12.8. The van der Waals surface area contributed by atoms with E-state index in [-0.39, 0.29) is 16.9 Å². The predicted octanol–water partition coefficient (Wildman–Crippen LogP) is 8.95. The number of hydrogen-bond donors (Lipinski definition) is 2. The second kappa shape index (κ2) is 13.5. The lowest BCUT2D eigenvalue weighted by Crippen LogP contribution is -2.18. The third-order valence-electron chi connectivity index (χ3n) is 6.92. The zero-order valence-electron chi connectivity index (χ0n) is 23.2. The Kier molecular flexibility index (Phi) is 10.1. The SMILES string of the molecule is C[C@@H](CCC(=O)O)S[C@H](CCc1ccccc1C(C)(C)O)c1cccc(C=Cc2ccc3ccc(Cl)cc3n2)c1. The Bertz CT molecular complexity index is 1490. The van der Waals surface area contributed by atoms with E-state index in [1.807, 2.05) is 80.2 Å². The highest BCUT2D eigenvalue weighted by molar-refractivity contribution is 8.00. The average Bonchev–Trinajstić information content (AvgIpc) is 2.92. The van der Waals surface area contributed by atoms with E-state index in [4.69, 9.17) is 16.6 Å². The number of carbonyl (C=O) groups is 1. The highest BCUT2D eigenvalue weighted by Gasteiger charge is 2.22. The molecule has 0 aliphatic rings. The van der Waals surface area contributed by atoms with E-state index in [1.54, 1.807) is 0 Å². The molecule has 4 nitrogen and oxygen atoms in total. The molecule has 2 N–H and O–H groups in total. The lowest BCUT2D eigenvalue weighted by Gasteiger charge is -2.25. The molecular weight excluding hydrogens is 538 g/mol. The van der Waals surface area contributed by atoms with Crippen LogP contribution in [0.5, 0.6) is 0 Å². The summed E-state index contributed by atoms with van der Waals surface area (Å²) in [6.07, 6.45) is 6.55. The minimum Gasteiger partial charge on any atom is -0.481 e. The van der Waals surface area contributed by atoms with Crippen molar-refractivity contribution in [1.82, 2.24) is 4.98 Å². The van der Waals surface area contributed by atoms with E-state index in [2.05, 4.69) is 43.3 Å².